The Kier molecular flexibility index (Phi) is 5.32. The number of fused-ring (bicyclic) bond motifs is 1. The quantitative estimate of drug-likeness (QED) is 0.658. The van der Waals surface area contributed by atoms with Crippen molar-refractivity contribution in [1.82, 2.24) is 15.3 Å². The monoisotopic (exact) mass is 382 g/mol. The Morgan fingerprint density at radius 3 is 3.07 bits per heavy atom. The number of furan rings is 2. The van der Waals surface area contributed by atoms with Gasteiger partial charge in [0.05, 0.1) is 17.6 Å². The Bertz CT molecular complexity index is 948. The number of carbonyl (C=O) groups excluding carboxylic acids is 1. The molecule has 0 aliphatic carbocycles. The van der Waals surface area contributed by atoms with Crippen LogP contribution in [0.3, 0.4) is 0 Å². The number of hydrogen-bond donors (Lipinski definition) is 1. The van der Waals surface area contributed by atoms with E-state index in [0.29, 0.717) is 18.8 Å². The van der Waals surface area contributed by atoms with Gasteiger partial charge in [-0.25, -0.2) is 9.97 Å². The molecule has 0 bridgehead atoms. The molecule has 4 rings (SSSR count). The number of piperidine rings is 1. The molecule has 1 N–H and O–H groups in total. The average molecular weight is 382 g/mol. The molecular formula is C21H26N4O3. The molecule has 148 valence electrons. The van der Waals surface area contributed by atoms with Crippen LogP contribution in [0.4, 0.5) is 5.82 Å². The van der Waals surface area contributed by atoms with Crippen LogP contribution in [-0.2, 0) is 11.2 Å². The van der Waals surface area contributed by atoms with E-state index in [1.807, 2.05) is 26.0 Å². The van der Waals surface area contributed by atoms with Gasteiger partial charge in [-0.1, -0.05) is 0 Å². The van der Waals surface area contributed by atoms with E-state index in [4.69, 9.17) is 8.83 Å². The van der Waals surface area contributed by atoms with Gasteiger partial charge in [0.15, 0.2) is 0 Å². The van der Waals surface area contributed by atoms with E-state index in [1.54, 1.807) is 12.6 Å². The minimum Gasteiger partial charge on any atom is -0.469 e. The number of nitrogens with zero attached hydrogens (tertiary/aromatic N) is 3. The lowest BCUT2D eigenvalue weighted by Crippen LogP contribution is -2.43. The maximum atomic E-state index is 12.7. The first kappa shape index (κ1) is 18.5. The highest BCUT2D eigenvalue weighted by Crippen LogP contribution is 2.32. The molecule has 7 nitrogen and oxygen atoms in total. The van der Waals surface area contributed by atoms with E-state index < -0.39 is 0 Å². The summed E-state index contributed by atoms with van der Waals surface area (Å²) in [4.78, 5) is 23.6. The predicted molar refractivity (Wildman–Crippen MR) is 106 cm³/mol. The van der Waals surface area contributed by atoms with Crippen molar-refractivity contribution >= 4 is 22.8 Å². The van der Waals surface area contributed by atoms with Crippen molar-refractivity contribution in [3.63, 3.8) is 0 Å². The topological polar surface area (TPSA) is 84.4 Å². The van der Waals surface area contributed by atoms with Crippen LogP contribution >= 0.6 is 0 Å². The second-order valence-electron chi connectivity index (χ2n) is 7.42. The van der Waals surface area contributed by atoms with Gasteiger partial charge in [-0.15, -0.1) is 0 Å². The van der Waals surface area contributed by atoms with Gasteiger partial charge >= 0.3 is 0 Å². The molecular weight excluding hydrogens is 356 g/mol. The van der Waals surface area contributed by atoms with Gasteiger partial charge in [0, 0.05) is 31.6 Å². The molecule has 7 heteroatoms. The highest BCUT2D eigenvalue weighted by atomic mass is 16.3. The first-order valence-corrected chi connectivity index (χ1v) is 9.89. The van der Waals surface area contributed by atoms with Crippen molar-refractivity contribution < 1.29 is 13.6 Å². The molecule has 1 fully saturated rings. The van der Waals surface area contributed by atoms with Gasteiger partial charge in [0.2, 0.25) is 11.6 Å². The highest BCUT2D eigenvalue weighted by Gasteiger charge is 2.28. The van der Waals surface area contributed by atoms with Crippen LogP contribution < -0.4 is 10.2 Å². The van der Waals surface area contributed by atoms with E-state index in [0.717, 1.165) is 60.5 Å². The van der Waals surface area contributed by atoms with Gasteiger partial charge in [0.1, 0.15) is 23.7 Å². The SMILES string of the molecule is Cc1oc2ncnc(N3CCCC(C(=O)NCCCc4ccco4)C3)c2c1C. The second kappa shape index (κ2) is 8.04. The third kappa shape index (κ3) is 3.74. The normalized spacial score (nSPS) is 17.2. The van der Waals surface area contributed by atoms with Crippen molar-refractivity contribution in [2.45, 2.75) is 39.5 Å². The molecule has 1 saturated heterocycles. The summed E-state index contributed by atoms with van der Waals surface area (Å²) in [5.74, 6) is 2.77. The average Bonchev–Trinajstić information content (AvgIpc) is 3.33. The number of carbonyl (C=O) groups is 1. The summed E-state index contributed by atoms with van der Waals surface area (Å²) >= 11 is 0. The summed E-state index contributed by atoms with van der Waals surface area (Å²) in [6.45, 7) is 6.18. The van der Waals surface area contributed by atoms with Crippen molar-refractivity contribution in [2.24, 2.45) is 5.92 Å². The van der Waals surface area contributed by atoms with Gasteiger partial charge in [0.25, 0.3) is 0 Å². The molecule has 1 unspecified atom stereocenters. The van der Waals surface area contributed by atoms with Gasteiger partial charge in [-0.3, -0.25) is 4.79 Å². The molecule has 1 aliphatic rings. The number of rotatable bonds is 6. The molecule has 0 spiro atoms. The van der Waals surface area contributed by atoms with Crippen LogP contribution in [0.15, 0.2) is 33.6 Å². The number of aromatic nitrogens is 2. The summed E-state index contributed by atoms with van der Waals surface area (Å²) in [6, 6.07) is 3.85. The van der Waals surface area contributed by atoms with Crippen LogP contribution in [0.2, 0.25) is 0 Å². The van der Waals surface area contributed by atoms with E-state index >= 15 is 0 Å². The van der Waals surface area contributed by atoms with Gasteiger partial charge in [-0.2, -0.15) is 0 Å². The molecule has 0 radical (unpaired) electrons. The molecule has 28 heavy (non-hydrogen) atoms. The maximum absolute atomic E-state index is 12.7. The minimum atomic E-state index is -0.0318. The largest absolute Gasteiger partial charge is 0.469 e. The number of aryl methyl sites for hydroxylation is 3. The van der Waals surface area contributed by atoms with Crippen LogP contribution in [0.5, 0.6) is 0 Å². The summed E-state index contributed by atoms with van der Waals surface area (Å²) < 4.78 is 11.1. The predicted octanol–water partition coefficient (Wildman–Crippen LogP) is 3.40. The molecule has 3 aromatic rings. The van der Waals surface area contributed by atoms with Crippen molar-refractivity contribution in [2.75, 3.05) is 24.5 Å². The molecule has 1 amide bonds. The van der Waals surface area contributed by atoms with Crippen LogP contribution in [0, 0.1) is 19.8 Å². The smallest absolute Gasteiger partial charge is 0.231 e. The highest BCUT2D eigenvalue weighted by molar-refractivity contribution is 5.90. The Morgan fingerprint density at radius 1 is 1.36 bits per heavy atom. The first-order chi connectivity index (χ1) is 13.6. The van der Waals surface area contributed by atoms with Crippen LogP contribution in [-0.4, -0.2) is 35.5 Å². The zero-order chi connectivity index (χ0) is 19.5. The molecule has 0 aromatic carbocycles. The van der Waals surface area contributed by atoms with Gasteiger partial charge in [-0.05, 0) is 45.2 Å². The standard InChI is InChI=1S/C21H26N4O3/c1-14-15(2)28-21-18(14)19(23-13-24-21)25-10-4-6-16(12-25)20(26)22-9-3-7-17-8-5-11-27-17/h5,8,11,13,16H,3-4,6-7,9-10,12H2,1-2H3,(H,22,26). The lowest BCUT2D eigenvalue weighted by Gasteiger charge is -2.33. The van der Waals surface area contributed by atoms with Crippen molar-refractivity contribution in [1.29, 1.82) is 0 Å². The lowest BCUT2D eigenvalue weighted by molar-refractivity contribution is -0.125. The van der Waals surface area contributed by atoms with Crippen LogP contribution in [0.25, 0.3) is 11.1 Å². The van der Waals surface area contributed by atoms with E-state index in [2.05, 4.69) is 20.2 Å². The third-order valence-corrected chi connectivity index (χ3v) is 5.52. The fourth-order valence-corrected chi connectivity index (χ4v) is 3.86. The molecule has 0 saturated carbocycles. The fourth-order valence-electron chi connectivity index (χ4n) is 3.86. The van der Waals surface area contributed by atoms with E-state index in [1.165, 1.54) is 0 Å². The van der Waals surface area contributed by atoms with Crippen molar-refractivity contribution in [3.05, 3.63) is 41.8 Å². The Hall–Kier alpha value is -2.83. The Labute approximate surface area is 164 Å². The summed E-state index contributed by atoms with van der Waals surface area (Å²) in [5, 5.41) is 4.04. The summed E-state index contributed by atoms with van der Waals surface area (Å²) in [6.07, 6.45) is 6.79. The molecule has 1 aliphatic heterocycles. The fraction of sp³-hybridized carbons (Fsp3) is 0.476. The van der Waals surface area contributed by atoms with E-state index in [-0.39, 0.29) is 11.8 Å². The molecule has 4 heterocycles. The summed E-state index contributed by atoms with van der Waals surface area (Å²) in [5.41, 5.74) is 1.68. The Morgan fingerprint density at radius 2 is 2.25 bits per heavy atom. The molecule has 1 atom stereocenters. The van der Waals surface area contributed by atoms with Crippen LogP contribution in [0.1, 0.15) is 36.3 Å². The minimum absolute atomic E-state index is 0.0318. The number of anilines is 1. The zero-order valence-electron chi connectivity index (χ0n) is 16.4. The van der Waals surface area contributed by atoms with E-state index in [9.17, 15) is 4.79 Å². The lowest BCUT2D eigenvalue weighted by atomic mass is 9.96. The second-order valence-corrected chi connectivity index (χ2v) is 7.42. The number of amides is 1. The Balaban J connectivity index is 1.38. The van der Waals surface area contributed by atoms with Crippen molar-refractivity contribution in [3.8, 4) is 0 Å². The zero-order valence-corrected chi connectivity index (χ0v) is 16.4. The number of nitrogens with one attached hydrogen (secondary N) is 1. The third-order valence-electron chi connectivity index (χ3n) is 5.52. The number of hydrogen-bond acceptors (Lipinski definition) is 6. The first-order valence-electron chi connectivity index (χ1n) is 9.89. The summed E-state index contributed by atoms with van der Waals surface area (Å²) in [7, 11) is 0. The molecule has 3 aromatic heterocycles. The maximum Gasteiger partial charge on any atom is 0.231 e. The van der Waals surface area contributed by atoms with Gasteiger partial charge < -0.3 is 19.1 Å².